The fraction of sp³-hybridized carbons (Fsp3) is 0.718. The maximum atomic E-state index is 14.1. The van der Waals surface area contributed by atoms with E-state index >= 15 is 0 Å². The summed E-state index contributed by atoms with van der Waals surface area (Å²) in [5, 5.41) is 34.9. The Labute approximate surface area is 331 Å². The molecule has 0 radical (unpaired) electrons. The van der Waals surface area contributed by atoms with E-state index in [1.54, 1.807) is 6.92 Å². The zero-order valence-corrected chi connectivity index (χ0v) is 33.4. The molecule has 6 N–H and O–H groups in total. The molecule has 0 aromatic heterocycles. The number of nitrogens with one attached hydrogen (secondary N) is 4. The second kappa shape index (κ2) is 17.9. The van der Waals surface area contributed by atoms with Gasteiger partial charge in [-0.2, -0.15) is 11.8 Å². The number of Topliss-reactive ketones (excluding diaryl/α,β-unsaturated/α-hetero) is 1. The van der Waals surface area contributed by atoms with Gasteiger partial charge < -0.3 is 55.2 Å². The lowest BCUT2D eigenvalue weighted by Crippen LogP contribution is -2.57. The van der Waals surface area contributed by atoms with E-state index in [2.05, 4.69) is 21.3 Å². The summed E-state index contributed by atoms with van der Waals surface area (Å²) in [6.45, 7) is 6.76. The highest BCUT2D eigenvalue weighted by atomic mass is 32.2. The van der Waals surface area contributed by atoms with Crippen LogP contribution in [0.25, 0.3) is 0 Å². The third-order valence-corrected chi connectivity index (χ3v) is 13.8. The number of allylic oxidation sites excluding steroid dienone is 1. The minimum absolute atomic E-state index is 0.0207. The van der Waals surface area contributed by atoms with Gasteiger partial charge in [0.05, 0.1) is 62.2 Å². The zero-order chi connectivity index (χ0) is 40.2. The maximum absolute atomic E-state index is 14.1. The molecule has 0 spiro atoms. The van der Waals surface area contributed by atoms with E-state index in [-0.39, 0.29) is 61.3 Å². The number of rotatable bonds is 18. The Hall–Kier alpha value is -3.64. The second-order valence-electron chi connectivity index (χ2n) is 15.8. The highest BCUT2D eigenvalue weighted by molar-refractivity contribution is 8.00. The van der Waals surface area contributed by atoms with Gasteiger partial charge in [0, 0.05) is 67.3 Å². The number of urea groups is 1. The predicted molar refractivity (Wildman–Crippen MR) is 203 cm³/mol. The summed E-state index contributed by atoms with van der Waals surface area (Å²) in [6, 6.07) is 0.297. The van der Waals surface area contributed by atoms with Crippen molar-refractivity contribution in [3.8, 4) is 0 Å². The zero-order valence-electron chi connectivity index (χ0n) is 32.6. The maximum Gasteiger partial charge on any atom is 0.340 e. The van der Waals surface area contributed by atoms with E-state index in [0.717, 1.165) is 25.0 Å². The van der Waals surface area contributed by atoms with Crippen molar-refractivity contribution >= 4 is 41.4 Å². The van der Waals surface area contributed by atoms with E-state index in [1.807, 2.05) is 18.7 Å². The van der Waals surface area contributed by atoms with Gasteiger partial charge in [-0.05, 0) is 50.5 Å². The van der Waals surface area contributed by atoms with Gasteiger partial charge in [0.1, 0.15) is 12.2 Å². The van der Waals surface area contributed by atoms with Gasteiger partial charge in [0.25, 0.3) is 0 Å². The summed E-state index contributed by atoms with van der Waals surface area (Å²) in [5.41, 5.74) is -1.24. The molecule has 3 aliphatic carbocycles. The molecule has 0 aromatic rings. The van der Waals surface area contributed by atoms with Crippen LogP contribution in [0.15, 0.2) is 34.3 Å². The highest BCUT2D eigenvalue weighted by Gasteiger charge is 2.64. The number of aliphatic hydroxyl groups excluding tert-OH is 2. The Morgan fingerprint density at radius 1 is 1.05 bits per heavy atom. The molecule has 6 rings (SSSR count). The van der Waals surface area contributed by atoms with E-state index < -0.39 is 58.5 Å². The molecule has 3 heterocycles. The largest absolute Gasteiger partial charge is 0.504 e. The normalized spacial score (nSPS) is 34.0. The number of methoxy groups -OCH3 is 1. The highest BCUT2D eigenvalue weighted by Crippen LogP contribution is 2.63. The number of aliphatic hydroxyl groups is 2. The molecule has 1 saturated carbocycles. The van der Waals surface area contributed by atoms with Crippen LogP contribution in [-0.4, -0.2) is 135 Å². The number of carbonyl (C=O) groups excluding carboxylic acids is 5. The molecule has 6 aliphatic rings. The van der Waals surface area contributed by atoms with Gasteiger partial charge in [0.15, 0.2) is 5.76 Å². The molecule has 1 unspecified atom stereocenters. The number of ketones is 1. The lowest BCUT2D eigenvalue weighted by molar-refractivity contribution is -0.160. The second-order valence-corrected chi connectivity index (χ2v) is 17.1. The number of carbonyl (C=O) groups is 5. The predicted octanol–water partition coefficient (Wildman–Crippen LogP) is 1.72. The minimum Gasteiger partial charge on any atom is -0.504 e. The Morgan fingerprint density at radius 2 is 1.80 bits per heavy atom. The van der Waals surface area contributed by atoms with Crippen molar-refractivity contribution in [1.29, 1.82) is 0 Å². The topological polar surface area (TPSA) is 220 Å². The lowest BCUT2D eigenvalue weighted by atomic mass is 9.53. The SMILES string of the molecule is COC[C@H]1OC(=O)/C(=C\NCCOCCOCCNC(=O)CCCC[C@H]2SC[C@H]3NC(=O)N[C@H]32)C2=C(O)C(=O)C3=C([C@H](OC(C)=O)C[C@@]4(C)C3CC[C@@H]4O)[C@]21C. The monoisotopic (exact) mass is 804 g/mol. The van der Waals surface area contributed by atoms with Gasteiger partial charge in [-0.15, -0.1) is 0 Å². The van der Waals surface area contributed by atoms with Crippen molar-refractivity contribution in [2.75, 3.05) is 59.0 Å². The summed E-state index contributed by atoms with van der Waals surface area (Å²) in [5.74, 6) is -2.04. The fourth-order valence-electron chi connectivity index (χ4n) is 9.54. The molecule has 17 heteroatoms. The number of hydrogen-bond acceptors (Lipinski definition) is 14. The quantitative estimate of drug-likeness (QED) is 0.0503. The van der Waals surface area contributed by atoms with Crippen molar-refractivity contribution in [1.82, 2.24) is 21.3 Å². The van der Waals surface area contributed by atoms with Crippen LogP contribution in [0.2, 0.25) is 0 Å². The fourth-order valence-corrected chi connectivity index (χ4v) is 11.1. The molecule has 3 saturated heterocycles. The molecule has 0 aromatic carbocycles. The third kappa shape index (κ3) is 8.33. The summed E-state index contributed by atoms with van der Waals surface area (Å²) in [7, 11) is 1.46. The molecule has 3 aliphatic heterocycles. The van der Waals surface area contributed by atoms with E-state index in [1.165, 1.54) is 20.2 Å². The molecular formula is C39H56N4O12S. The third-order valence-electron chi connectivity index (χ3n) is 12.3. The average molecular weight is 805 g/mol. The number of unbranched alkanes of at least 4 members (excludes halogenated alkanes) is 1. The first kappa shape index (κ1) is 42.0. The summed E-state index contributed by atoms with van der Waals surface area (Å²) >= 11 is 1.87. The van der Waals surface area contributed by atoms with Gasteiger partial charge in [-0.3, -0.25) is 14.4 Å². The van der Waals surface area contributed by atoms with Crippen LogP contribution in [-0.2, 0) is 42.9 Å². The molecular weight excluding hydrogens is 749 g/mol. The molecule has 4 fully saturated rings. The Bertz CT molecular complexity index is 1650. The molecule has 16 nitrogen and oxygen atoms in total. The summed E-state index contributed by atoms with van der Waals surface area (Å²) < 4.78 is 28.5. The van der Waals surface area contributed by atoms with Crippen molar-refractivity contribution in [3.63, 3.8) is 0 Å². The van der Waals surface area contributed by atoms with Crippen LogP contribution in [0, 0.1) is 16.7 Å². The van der Waals surface area contributed by atoms with Crippen LogP contribution < -0.4 is 21.3 Å². The average Bonchev–Trinajstić information content (AvgIpc) is 3.80. The van der Waals surface area contributed by atoms with Gasteiger partial charge in [0.2, 0.25) is 11.7 Å². The molecule has 56 heavy (non-hydrogen) atoms. The first-order valence-corrected chi connectivity index (χ1v) is 20.7. The first-order valence-electron chi connectivity index (χ1n) is 19.6. The Morgan fingerprint density at radius 3 is 2.54 bits per heavy atom. The number of fused-ring (bicyclic) bond motifs is 5. The van der Waals surface area contributed by atoms with E-state index in [9.17, 15) is 34.2 Å². The van der Waals surface area contributed by atoms with Crippen LogP contribution in [0.1, 0.15) is 65.7 Å². The summed E-state index contributed by atoms with van der Waals surface area (Å²) in [4.78, 5) is 63.7. The van der Waals surface area contributed by atoms with Crippen molar-refractivity contribution in [2.45, 2.75) is 101 Å². The minimum atomic E-state index is -1.29. The molecule has 3 amide bonds. The number of thioether (sulfide) groups is 1. The van der Waals surface area contributed by atoms with Crippen LogP contribution in [0.5, 0.6) is 0 Å². The van der Waals surface area contributed by atoms with Crippen LogP contribution in [0.4, 0.5) is 4.79 Å². The smallest absolute Gasteiger partial charge is 0.340 e. The summed E-state index contributed by atoms with van der Waals surface area (Å²) in [6.07, 6.45) is 3.16. The number of amides is 3. The lowest BCUT2D eigenvalue weighted by Gasteiger charge is -2.54. The van der Waals surface area contributed by atoms with Crippen LogP contribution >= 0.6 is 11.8 Å². The molecule has 310 valence electrons. The van der Waals surface area contributed by atoms with Crippen molar-refractivity contribution < 1.29 is 57.9 Å². The van der Waals surface area contributed by atoms with Gasteiger partial charge >= 0.3 is 18.0 Å². The number of cyclic esters (lactones) is 1. The Kier molecular flexibility index (Phi) is 13.4. The number of esters is 2. The Balaban J connectivity index is 0.958. The standard InChI is InChI=1S/C39H56N4O12S/c1-21(44)54-25-17-38(2)23(9-10-27(38)45)30-32(25)39(3)28(19-51-4)55-36(49)22(31(39)35(48)34(30)47)18-40-11-13-52-15-16-53-14-12-41-29(46)8-6-5-7-26-33-24(20-56-26)42-37(50)43-33/h18,23-28,33,40,45,48H,5-17,19-20H2,1-4H3,(H,41,46)(H2,42,43,50)/b22-18-/t23?,24-,25-,26-,27+,28-,33-,38+,39+/m1/s1. The van der Waals surface area contributed by atoms with E-state index in [4.69, 9.17) is 23.7 Å². The van der Waals surface area contributed by atoms with Crippen molar-refractivity contribution in [3.05, 3.63) is 34.3 Å². The molecule has 0 bridgehead atoms. The molecule has 9 atom stereocenters. The number of hydrogen-bond donors (Lipinski definition) is 6. The van der Waals surface area contributed by atoms with E-state index in [0.29, 0.717) is 62.0 Å². The number of ether oxygens (including phenoxy) is 5. The van der Waals surface area contributed by atoms with Crippen LogP contribution in [0.3, 0.4) is 0 Å². The first-order chi connectivity index (χ1) is 26.8. The van der Waals surface area contributed by atoms with Crippen molar-refractivity contribution in [2.24, 2.45) is 16.7 Å². The van der Waals surface area contributed by atoms with Gasteiger partial charge in [-0.25, -0.2) is 9.59 Å². The van der Waals surface area contributed by atoms with Gasteiger partial charge in [-0.1, -0.05) is 13.3 Å².